The van der Waals surface area contributed by atoms with E-state index in [0.29, 0.717) is 0 Å². The fourth-order valence-corrected chi connectivity index (χ4v) is 1.58. The predicted molar refractivity (Wildman–Crippen MR) is 63.6 cm³/mol. The molecule has 1 heteroatoms. The molecule has 0 bridgehead atoms. The molecular weight excluding hydrogens is 182 g/mol. The quantitative estimate of drug-likeness (QED) is 0.515. The molecule has 0 N–H and O–H groups in total. The van der Waals surface area contributed by atoms with Crippen LogP contribution in [0.15, 0.2) is 54.4 Å². The molecule has 0 amide bonds. The van der Waals surface area contributed by atoms with Crippen molar-refractivity contribution in [3.05, 3.63) is 54.4 Å². The van der Waals surface area contributed by atoms with Crippen molar-refractivity contribution in [3.63, 3.8) is 0 Å². The normalized spacial score (nSPS) is 10.3. The lowest BCUT2D eigenvalue weighted by Crippen LogP contribution is -2.31. The Hall–Kier alpha value is -1.63. The van der Waals surface area contributed by atoms with Crippen molar-refractivity contribution in [2.45, 2.75) is 20.4 Å². The van der Waals surface area contributed by atoms with E-state index in [1.165, 1.54) is 16.3 Å². The van der Waals surface area contributed by atoms with Gasteiger partial charge in [-0.15, -0.1) is 0 Å². The lowest BCUT2D eigenvalue weighted by atomic mass is 10.2. The molecule has 15 heavy (non-hydrogen) atoms. The van der Waals surface area contributed by atoms with Crippen LogP contribution in [0.5, 0.6) is 0 Å². The minimum Gasteiger partial charge on any atom is -0.201 e. The highest BCUT2D eigenvalue weighted by atomic mass is 14.9. The zero-order chi connectivity index (χ0) is 10.7. The first-order chi connectivity index (χ1) is 7.25. The maximum absolute atomic E-state index is 2.23. The van der Waals surface area contributed by atoms with Gasteiger partial charge in [-0.05, 0) is 31.4 Å². The SMILES string of the molecule is CC(C)=CC[n+]1ccc2ccccc2c1. The molecule has 0 saturated carbocycles. The Morgan fingerprint density at radius 2 is 1.87 bits per heavy atom. The van der Waals surface area contributed by atoms with Gasteiger partial charge in [-0.1, -0.05) is 23.8 Å². The van der Waals surface area contributed by atoms with Crippen LogP contribution >= 0.6 is 0 Å². The third-order valence-corrected chi connectivity index (χ3v) is 2.46. The first-order valence-electron chi connectivity index (χ1n) is 5.27. The predicted octanol–water partition coefficient (Wildman–Crippen LogP) is 3.09. The van der Waals surface area contributed by atoms with Gasteiger partial charge in [0, 0.05) is 11.5 Å². The second kappa shape index (κ2) is 4.26. The average Bonchev–Trinajstić information content (AvgIpc) is 2.26. The molecule has 0 saturated heterocycles. The van der Waals surface area contributed by atoms with Gasteiger partial charge in [-0.3, -0.25) is 0 Å². The van der Waals surface area contributed by atoms with Gasteiger partial charge in [0.25, 0.3) is 0 Å². The van der Waals surface area contributed by atoms with Crippen molar-refractivity contribution in [1.82, 2.24) is 0 Å². The Balaban J connectivity index is 2.34. The molecule has 76 valence electrons. The van der Waals surface area contributed by atoms with Gasteiger partial charge in [0.05, 0.1) is 0 Å². The van der Waals surface area contributed by atoms with Crippen molar-refractivity contribution in [1.29, 1.82) is 0 Å². The van der Waals surface area contributed by atoms with Crippen LogP contribution in [0, 0.1) is 0 Å². The van der Waals surface area contributed by atoms with E-state index in [-0.39, 0.29) is 0 Å². The van der Waals surface area contributed by atoms with Crippen molar-refractivity contribution in [2.24, 2.45) is 0 Å². The van der Waals surface area contributed by atoms with Gasteiger partial charge in [0.1, 0.15) is 0 Å². The minimum atomic E-state index is 0.952. The van der Waals surface area contributed by atoms with Gasteiger partial charge in [0.2, 0.25) is 0 Å². The Morgan fingerprint density at radius 1 is 1.13 bits per heavy atom. The number of aromatic nitrogens is 1. The molecule has 1 nitrogen and oxygen atoms in total. The summed E-state index contributed by atoms with van der Waals surface area (Å²) in [6, 6.07) is 10.6. The van der Waals surface area contributed by atoms with Gasteiger partial charge in [0.15, 0.2) is 18.9 Å². The van der Waals surface area contributed by atoms with Crippen LogP contribution in [0.25, 0.3) is 10.8 Å². The number of fused-ring (bicyclic) bond motifs is 1. The van der Waals surface area contributed by atoms with E-state index in [4.69, 9.17) is 0 Å². The first kappa shape index (κ1) is 9.91. The zero-order valence-corrected chi connectivity index (χ0v) is 9.27. The van der Waals surface area contributed by atoms with Gasteiger partial charge < -0.3 is 0 Å². The highest BCUT2D eigenvalue weighted by molar-refractivity contribution is 5.80. The topological polar surface area (TPSA) is 3.88 Å². The molecule has 1 aromatic heterocycles. The van der Waals surface area contributed by atoms with Gasteiger partial charge >= 0.3 is 0 Å². The van der Waals surface area contributed by atoms with E-state index in [9.17, 15) is 0 Å². The molecule has 0 atom stereocenters. The maximum Gasteiger partial charge on any atom is 0.176 e. The standard InChI is InChI=1S/C14H16N/c1-12(2)7-9-15-10-8-13-5-3-4-6-14(13)11-15/h3-8,10-11H,9H2,1-2H3/q+1. The second-order valence-corrected chi connectivity index (χ2v) is 4.05. The van der Waals surface area contributed by atoms with E-state index in [2.05, 4.69) is 67.2 Å². The fraction of sp³-hybridized carbons (Fsp3) is 0.214. The van der Waals surface area contributed by atoms with Gasteiger partial charge in [-0.2, -0.15) is 0 Å². The van der Waals surface area contributed by atoms with Crippen LogP contribution in [0.2, 0.25) is 0 Å². The number of nitrogens with zero attached hydrogens (tertiary/aromatic N) is 1. The summed E-state index contributed by atoms with van der Waals surface area (Å²) in [7, 11) is 0. The fourth-order valence-electron chi connectivity index (χ4n) is 1.58. The molecule has 0 unspecified atom stereocenters. The Labute approximate surface area is 90.7 Å². The number of rotatable bonds is 2. The first-order valence-corrected chi connectivity index (χ1v) is 5.27. The number of hydrogen-bond donors (Lipinski definition) is 0. The van der Waals surface area contributed by atoms with Gasteiger partial charge in [-0.25, -0.2) is 4.57 Å². The molecule has 0 radical (unpaired) electrons. The van der Waals surface area contributed by atoms with Crippen molar-refractivity contribution < 1.29 is 4.57 Å². The Kier molecular flexibility index (Phi) is 2.82. The van der Waals surface area contributed by atoms with Crippen molar-refractivity contribution >= 4 is 10.8 Å². The molecule has 0 aliphatic heterocycles. The smallest absolute Gasteiger partial charge is 0.176 e. The van der Waals surface area contributed by atoms with Crippen molar-refractivity contribution in [2.75, 3.05) is 0 Å². The van der Waals surface area contributed by atoms with Crippen LogP contribution in [-0.2, 0) is 6.54 Å². The summed E-state index contributed by atoms with van der Waals surface area (Å²) >= 11 is 0. The molecule has 0 spiro atoms. The summed E-state index contributed by atoms with van der Waals surface area (Å²) in [5.74, 6) is 0. The summed E-state index contributed by atoms with van der Waals surface area (Å²) in [4.78, 5) is 0. The summed E-state index contributed by atoms with van der Waals surface area (Å²) < 4.78 is 2.20. The molecule has 1 heterocycles. The van der Waals surface area contributed by atoms with Crippen LogP contribution < -0.4 is 4.57 Å². The molecule has 2 aromatic rings. The highest BCUT2D eigenvalue weighted by Crippen LogP contribution is 2.09. The van der Waals surface area contributed by atoms with Crippen molar-refractivity contribution in [3.8, 4) is 0 Å². The summed E-state index contributed by atoms with van der Waals surface area (Å²) in [6.45, 7) is 5.20. The highest BCUT2D eigenvalue weighted by Gasteiger charge is 1.99. The van der Waals surface area contributed by atoms with Crippen LogP contribution in [-0.4, -0.2) is 0 Å². The van der Waals surface area contributed by atoms with E-state index in [1.54, 1.807) is 0 Å². The molecule has 0 aliphatic carbocycles. The van der Waals surface area contributed by atoms with E-state index < -0.39 is 0 Å². The number of pyridine rings is 1. The third-order valence-electron chi connectivity index (χ3n) is 2.46. The van der Waals surface area contributed by atoms with Crippen LogP contribution in [0.3, 0.4) is 0 Å². The summed E-state index contributed by atoms with van der Waals surface area (Å²) in [5.41, 5.74) is 1.36. The lowest BCUT2D eigenvalue weighted by molar-refractivity contribution is -0.685. The molecule has 0 fully saturated rings. The molecule has 2 rings (SSSR count). The molecule has 1 aromatic carbocycles. The number of benzene rings is 1. The lowest BCUT2D eigenvalue weighted by Gasteiger charge is -1.96. The maximum atomic E-state index is 2.23. The van der Waals surface area contributed by atoms with E-state index in [1.807, 2.05) is 0 Å². The largest absolute Gasteiger partial charge is 0.201 e. The molecular formula is C14H16N+. The number of allylic oxidation sites excluding steroid dienone is 2. The Morgan fingerprint density at radius 3 is 2.60 bits per heavy atom. The van der Waals surface area contributed by atoms with E-state index in [0.717, 1.165) is 6.54 Å². The zero-order valence-electron chi connectivity index (χ0n) is 9.27. The summed E-state index contributed by atoms with van der Waals surface area (Å²) in [5, 5.41) is 2.59. The molecule has 0 aliphatic rings. The Bertz CT molecular complexity index is 493. The minimum absolute atomic E-state index is 0.952. The van der Waals surface area contributed by atoms with Crippen LogP contribution in [0.1, 0.15) is 13.8 Å². The average molecular weight is 198 g/mol. The summed E-state index contributed by atoms with van der Waals surface area (Å²) in [6.07, 6.45) is 6.55. The number of hydrogen-bond acceptors (Lipinski definition) is 0. The van der Waals surface area contributed by atoms with E-state index >= 15 is 0 Å². The van der Waals surface area contributed by atoms with Crippen LogP contribution in [0.4, 0.5) is 0 Å². The third kappa shape index (κ3) is 2.44. The monoisotopic (exact) mass is 198 g/mol. The second-order valence-electron chi connectivity index (χ2n) is 4.05.